The average molecular weight is 336 g/mol. The molecule has 0 radical (unpaired) electrons. The molecule has 8 heteroatoms. The van der Waals surface area contributed by atoms with Crippen LogP contribution >= 0.6 is 0 Å². The molecule has 0 bridgehead atoms. The summed E-state index contributed by atoms with van der Waals surface area (Å²) in [6.45, 7) is 1.35. The number of rotatable bonds is 4. The van der Waals surface area contributed by atoms with Crippen LogP contribution in [0, 0.1) is 11.3 Å². The van der Waals surface area contributed by atoms with Crippen molar-refractivity contribution in [2.75, 3.05) is 19.3 Å². The number of nitriles is 1. The number of nitrogens with one attached hydrogen (secondary N) is 2. The molecule has 0 saturated carbocycles. The molecule has 0 aromatic heterocycles. The Bertz CT molecular complexity index is 694. The first kappa shape index (κ1) is 17.2. The van der Waals surface area contributed by atoms with Crippen LogP contribution in [-0.4, -0.2) is 44.7 Å². The largest absolute Gasteiger partial charge is 0.334 e. The number of sulfonamides is 1. The van der Waals surface area contributed by atoms with Gasteiger partial charge in [0.2, 0.25) is 10.0 Å². The molecule has 7 nitrogen and oxygen atoms in total. The van der Waals surface area contributed by atoms with Crippen molar-refractivity contribution in [1.29, 1.82) is 5.26 Å². The zero-order valence-electron chi connectivity index (χ0n) is 12.9. The lowest BCUT2D eigenvalue weighted by atomic mass is 10.1. The van der Waals surface area contributed by atoms with Crippen LogP contribution in [0.15, 0.2) is 24.3 Å². The molecular weight excluding hydrogens is 316 g/mol. The van der Waals surface area contributed by atoms with Gasteiger partial charge in [-0.1, -0.05) is 12.1 Å². The van der Waals surface area contributed by atoms with Crippen molar-refractivity contribution < 1.29 is 13.2 Å². The Balaban J connectivity index is 1.86. The van der Waals surface area contributed by atoms with E-state index in [0.29, 0.717) is 25.2 Å². The molecule has 1 aliphatic rings. The van der Waals surface area contributed by atoms with Crippen molar-refractivity contribution >= 4 is 16.1 Å². The summed E-state index contributed by atoms with van der Waals surface area (Å²) in [4.78, 5) is 13.8. The van der Waals surface area contributed by atoms with E-state index < -0.39 is 10.0 Å². The number of urea groups is 1. The number of hydrogen-bond donors (Lipinski definition) is 2. The average Bonchev–Trinajstić information content (AvgIpc) is 2.51. The first-order chi connectivity index (χ1) is 10.9. The SMILES string of the molecule is CS(=O)(=O)NC1CCCN(C(=O)NCc2ccc(C#N)cc2)C1. The predicted octanol–water partition coefficient (Wildman–Crippen LogP) is 0.781. The lowest BCUT2D eigenvalue weighted by molar-refractivity contribution is 0.177. The second-order valence-corrected chi connectivity index (χ2v) is 7.42. The van der Waals surface area contributed by atoms with Crippen LogP contribution in [0.5, 0.6) is 0 Å². The maximum Gasteiger partial charge on any atom is 0.317 e. The highest BCUT2D eigenvalue weighted by atomic mass is 32.2. The minimum atomic E-state index is -3.27. The van der Waals surface area contributed by atoms with Gasteiger partial charge in [-0.25, -0.2) is 17.9 Å². The van der Waals surface area contributed by atoms with E-state index in [2.05, 4.69) is 10.0 Å². The number of nitrogens with zero attached hydrogens (tertiary/aromatic N) is 2. The van der Waals surface area contributed by atoms with Crippen molar-refractivity contribution in [3.05, 3.63) is 35.4 Å². The molecule has 0 spiro atoms. The standard InChI is InChI=1S/C15H20N4O3S/c1-23(21,22)18-14-3-2-8-19(11-14)15(20)17-10-13-6-4-12(9-16)5-7-13/h4-7,14,18H,2-3,8,10-11H2,1H3,(H,17,20). The Morgan fingerprint density at radius 2 is 2.09 bits per heavy atom. The smallest absolute Gasteiger partial charge is 0.317 e. The van der Waals surface area contributed by atoms with E-state index in [1.54, 1.807) is 29.2 Å². The number of carbonyl (C=O) groups is 1. The van der Waals surface area contributed by atoms with E-state index in [1.807, 2.05) is 6.07 Å². The van der Waals surface area contributed by atoms with Crippen LogP contribution in [0.4, 0.5) is 4.79 Å². The molecule has 1 heterocycles. The van der Waals surface area contributed by atoms with Crippen molar-refractivity contribution in [3.63, 3.8) is 0 Å². The third kappa shape index (κ3) is 5.54. The second-order valence-electron chi connectivity index (χ2n) is 5.64. The highest BCUT2D eigenvalue weighted by molar-refractivity contribution is 7.88. The van der Waals surface area contributed by atoms with E-state index in [4.69, 9.17) is 5.26 Å². The summed E-state index contributed by atoms with van der Waals surface area (Å²) >= 11 is 0. The fourth-order valence-corrected chi connectivity index (χ4v) is 3.35. The van der Waals surface area contributed by atoms with Gasteiger partial charge in [0.15, 0.2) is 0 Å². The Labute approximate surface area is 136 Å². The molecule has 1 aliphatic heterocycles. The second kappa shape index (κ2) is 7.44. The minimum Gasteiger partial charge on any atom is -0.334 e. The quantitative estimate of drug-likeness (QED) is 0.848. The normalized spacial score (nSPS) is 18.3. The van der Waals surface area contributed by atoms with Crippen molar-refractivity contribution in [1.82, 2.24) is 14.9 Å². The summed E-state index contributed by atoms with van der Waals surface area (Å²) in [7, 11) is -3.27. The first-order valence-corrected chi connectivity index (χ1v) is 9.25. The third-order valence-electron chi connectivity index (χ3n) is 3.62. The fraction of sp³-hybridized carbons (Fsp3) is 0.467. The lowest BCUT2D eigenvalue weighted by Gasteiger charge is -2.32. The van der Waals surface area contributed by atoms with Gasteiger partial charge in [0.05, 0.1) is 17.9 Å². The van der Waals surface area contributed by atoms with Crippen molar-refractivity contribution in [3.8, 4) is 6.07 Å². The highest BCUT2D eigenvalue weighted by Gasteiger charge is 2.25. The van der Waals surface area contributed by atoms with Gasteiger partial charge in [0, 0.05) is 25.7 Å². The number of hydrogen-bond acceptors (Lipinski definition) is 4. The molecule has 2 amide bonds. The topological polar surface area (TPSA) is 102 Å². The van der Waals surface area contributed by atoms with Gasteiger partial charge in [0.25, 0.3) is 0 Å². The van der Waals surface area contributed by atoms with Gasteiger partial charge in [0.1, 0.15) is 0 Å². The van der Waals surface area contributed by atoms with Crippen molar-refractivity contribution in [2.24, 2.45) is 0 Å². The Morgan fingerprint density at radius 3 is 2.70 bits per heavy atom. The molecular formula is C15H20N4O3S. The number of piperidine rings is 1. The van der Waals surface area contributed by atoms with Gasteiger partial charge < -0.3 is 10.2 Å². The molecule has 1 saturated heterocycles. The number of amides is 2. The summed E-state index contributed by atoms with van der Waals surface area (Å²) in [5.41, 5.74) is 1.48. The fourth-order valence-electron chi connectivity index (χ4n) is 2.55. The Hall–Kier alpha value is -2.11. The molecule has 2 rings (SSSR count). The Kier molecular flexibility index (Phi) is 5.58. The first-order valence-electron chi connectivity index (χ1n) is 7.36. The van der Waals surface area contributed by atoms with Gasteiger partial charge in [-0.2, -0.15) is 5.26 Å². The van der Waals surface area contributed by atoms with Crippen LogP contribution in [-0.2, 0) is 16.6 Å². The molecule has 1 unspecified atom stereocenters. The third-order valence-corrected chi connectivity index (χ3v) is 4.38. The van der Waals surface area contributed by atoms with E-state index in [-0.39, 0.29) is 12.1 Å². The van der Waals surface area contributed by atoms with Gasteiger partial charge in [-0.05, 0) is 30.5 Å². The molecule has 1 aromatic carbocycles. The van der Waals surface area contributed by atoms with Crippen LogP contribution in [0.1, 0.15) is 24.0 Å². The van der Waals surface area contributed by atoms with Gasteiger partial charge in [-0.3, -0.25) is 0 Å². The lowest BCUT2D eigenvalue weighted by Crippen LogP contribution is -2.51. The maximum absolute atomic E-state index is 12.2. The van der Waals surface area contributed by atoms with E-state index >= 15 is 0 Å². The number of carbonyl (C=O) groups excluding carboxylic acids is 1. The predicted molar refractivity (Wildman–Crippen MR) is 86.0 cm³/mol. The molecule has 1 fully saturated rings. The molecule has 1 aromatic rings. The molecule has 2 N–H and O–H groups in total. The summed E-state index contributed by atoms with van der Waals surface area (Å²) in [6, 6.07) is 8.59. The van der Waals surface area contributed by atoms with Gasteiger partial charge >= 0.3 is 6.03 Å². The number of benzene rings is 1. The monoisotopic (exact) mass is 336 g/mol. The summed E-state index contributed by atoms with van der Waals surface area (Å²) in [5.74, 6) is 0. The maximum atomic E-state index is 12.2. The summed E-state index contributed by atoms with van der Waals surface area (Å²) in [5, 5.41) is 11.6. The summed E-state index contributed by atoms with van der Waals surface area (Å²) in [6.07, 6.45) is 2.61. The van der Waals surface area contributed by atoms with E-state index in [0.717, 1.165) is 24.7 Å². The zero-order valence-corrected chi connectivity index (χ0v) is 13.8. The Morgan fingerprint density at radius 1 is 1.39 bits per heavy atom. The highest BCUT2D eigenvalue weighted by Crippen LogP contribution is 2.11. The molecule has 1 atom stereocenters. The minimum absolute atomic E-state index is 0.214. The number of likely N-dealkylation sites (tertiary alicyclic amines) is 1. The van der Waals surface area contributed by atoms with Crippen LogP contribution < -0.4 is 10.0 Å². The molecule has 0 aliphatic carbocycles. The van der Waals surface area contributed by atoms with E-state index in [1.165, 1.54) is 0 Å². The summed E-state index contributed by atoms with van der Waals surface area (Å²) < 4.78 is 25.1. The molecule has 23 heavy (non-hydrogen) atoms. The van der Waals surface area contributed by atoms with Crippen LogP contribution in [0.2, 0.25) is 0 Å². The zero-order chi connectivity index (χ0) is 16.9. The van der Waals surface area contributed by atoms with E-state index in [9.17, 15) is 13.2 Å². The molecule has 124 valence electrons. The van der Waals surface area contributed by atoms with Crippen LogP contribution in [0.3, 0.4) is 0 Å². The van der Waals surface area contributed by atoms with Crippen molar-refractivity contribution in [2.45, 2.75) is 25.4 Å². The van der Waals surface area contributed by atoms with Gasteiger partial charge in [-0.15, -0.1) is 0 Å². The van der Waals surface area contributed by atoms with Crippen LogP contribution in [0.25, 0.3) is 0 Å².